The van der Waals surface area contributed by atoms with Crippen molar-refractivity contribution < 1.29 is 0 Å². The summed E-state index contributed by atoms with van der Waals surface area (Å²) in [5.41, 5.74) is 1.73. The summed E-state index contributed by atoms with van der Waals surface area (Å²) in [7, 11) is 0. The van der Waals surface area contributed by atoms with Crippen LogP contribution in [0.5, 0.6) is 0 Å². The Balaban J connectivity index is 1.72. The van der Waals surface area contributed by atoms with Gasteiger partial charge in [0, 0.05) is 28.2 Å². The van der Waals surface area contributed by atoms with E-state index in [1.165, 1.54) is 44.4 Å². The van der Waals surface area contributed by atoms with Crippen molar-refractivity contribution in [1.82, 2.24) is 14.0 Å². The van der Waals surface area contributed by atoms with Crippen LogP contribution in [0.3, 0.4) is 0 Å². The fourth-order valence-corrected chi connectivity index (χ4v) is 5.14. The van der Waals surface area contributed by atoms with E-state index < -0.39 is 0 Å². The molecule has 3 heterocycles. The van der Waals surface area contributed by atoms with E-state index in [0.717, 1.165) is 25.0 Å². The minimum Gasteiger partial charge on any atom is -0.297 e. The fraction of sp³-hybridized carbons (Fsp3) is 0.438. The van der Waals surface area contributed by atoms with Crippen molar-refractivity contribution in [3.05, 3.63) is 53.9 Å². The van der Waals surface area contributed by atoms with Gasteiger partial charge in [-0.3, -0.25) is 18.6 Å². The van der Waals surface area contributed by atoms with Gasteiger partial charge in [0.15, 0.2) is 4.96 Å². The van der Waals surface area contributed by atoms with E-state index in [4.69, 9.17) is 0 Å². The molecule has 0 aliphatic heterocycles. The smallest absolute Gasteiger partial charge is 0.297 e. The Bertz CT molecular complexity index is 979. The molecule has 0 bridgehead atoms. The van der Waals surface area contributed by atoms with E-state index in [-0.39, 0.29) is 10.4 Å². The van der Waals surface area contributed by atoms with E-state index in [1.807, 2.05) is 9.95 Å². The molecule has 0 unspecified atom stereocenters. The third-order valence-electron chi connectivity index (χ3n) is 4.60. The second-order valence-electron chi connectivity index (χ2n) is 5.98. The Labute approximate surface area is 140 Å². The number of hydrogen-bond donors (Lipinski definition) is 0. The highest BCUT2D eigenvalue weighted by molar-refractivity contribution is 7.15. The molecule has 0 spiro atoms. The van der Waals surface area contributed by atoms with Gasteiger partial charge in [-0.15, -0.1) is 11.3 Å². The maximum atomic E-state index is 12.4. The normalized spacial score (nSPS) is 17.5. The molecular formula is C16H17N3O2S2. The summed E-state index contributed by atoms with van der Waals surface area (Å²) in [6.45, 7) is 2.61. The van der Waals surface area contributed by atoms with Gasteiger partial charge in [-0.25, -0.2) is 4.98 Å². The Morgan fingerprint density at radius 2 is 2.26 bits per heavy atom. The van der Waals surface area contributed by atoms with Crippen molar-refractivity contribution in [3.8, 4) is 0 Å². The SMILES string of the molecule is CC[C@@H]1CCc2c(sc(=O)n2Cc2cc(=O)n3ccsc3n2)C1. The second-order valence-corrected chi connectivity index (χ2v) is 7.90. The van der Waals surface area contributed by atoms with Gasteiger partial charge in [-0.2, -0.15) is 0 Å². The molecule has 120 valence electrons. The van der Waals surface area contributed by atoms with Crippen molar-refractivity contribution in [2.45, 2.75) is 39.2 Å². The minimum atomic E-state index is -0.0885. The minimum absolute atomic E-state index is 0.0694. The predicted octanol–water partition coefficient (Wildman–Crippen LogP) is 2.54. The van der Waals surface area contributed by atoms with Crippen molar-refractivity contribution >= 4 is 27.6 Å². The monoisotopic (exact) mass is 347 g/mol. The molecule has 0 radical (unpaired) electrons. The summed E-state index contributed by atoms with van der Waals surface area (Å²) in [6.07, 6.45) is 5.99. The van der Waals surface area contributed by atoms with Crippen LogP contribution in [-0.2, 0) is 19.4 Å². The van der Waals surface area contributed by atoms with Crippen LogP contribution in [0.2, 0.25) is 0 Å². The lowest BCUT2D eigenvalue weighted by Crippen LogP contribution is -2.22. The average Bonchev–Trinajstić information content (AvgIpc) is 3.12. The van der Waals surface area contributed by atoms with Gasteiger partial charge in [0.05, 0.1) is 12.2 Å². The van der Waals surface area contributed by atoms with Crippen LogP contribution >= 0.6 is 22.7 Å². The molecule has 1 atom stereocenters. The third kappa shape index (κ3) is 2.57. The van der Waals surface area contributed by atoms with Gasteiger partial charge in [0.25, 0.3) is 5.56 Å². The van der Waals surface area contributed by atoms with Crippen molar-refractivity contribution in [2.75, 3.05) is 0 Å². The zero-order chi connectivity index (χ0) is 16.0. The molecule has 5 nitrogen and oxygen atoms in total. The summed E-state index contributed by atoms with van der Waals surface area (Å²) in [4.78, 5) is 31.0. The summed E-state index contributed by atoms with van der Waals surface area (Å²) in [5.74, 6) is 0.694. The first-order valence-electron chi connectivity index (χ1n) is 7.83. The standard InChI is InChI=1S/C16H17N3O2S2/c1-2-10-3-4-12-13(7-10)23-16(21)19(12)9-11-8-14(20)18-5-6-22-15(18)17-11/h5-6,8,10H,2-4,7,9H2,1H3/t10-/m1/s1. The van der Waals surface area contributed by atoms with Gasteiger partial charge < -0.3 is 0 Å². The largest absolute Gasteiger partial charge is 0.307 e. The molecule has 1 aliphatic rings. The highest BCUT2D eigenvalue weighted by Gasteiger charge is 2.23. The molecule has 1 aliphatic carbocycles. The molecule has 3 aromatic rings. The van der Waals surface area contributed by atoms with Crippen LogP contribution in [0.15, 0.2) is 27.2 Å². The number of rotatable bonds is 3. The molecule has 4 rings (SSSR count). The van der Waals surface area contributed by atoms with Crippen LogP contribution in [0.1, 0.15) is 36.0 Å². The van der Waals surface area contributed by atoms with Crippen LogP contribution in [-0.4, -0.2) is 14.0 Å². The molecule has 0 amide bonds. The summed E-state index contributed by atoms with van der Waals surface area (Å²) < 4.78 is 3.35. The number of nitrogens with zero attached hydrogens (tertiary/aromatic N) is 3. The molecule has 0 fully saturated rings. The lowest BCUT2D eigenvalue weighted by atomic mass is 9.89. The van der Waals surface area contributed by atoms with Crippen LogP contribution < -0.4 is 10.4 Å². The molecule has 3 aromatic heterocycles. The molecule has 0 N–H and O–H groups in total. The fourth-order valence-electron chi connectivity index (χ4n) is 3.26. The number of hydrogen-bond acceptors (Lipinski definition) is 5. The number of aromatic nitrogens is 3. The maximum Gasteiger partial charge on any atom is 0.307 e. The van der Waals surface area contributed by atoms with Gasteiger partial charge in [-0.1, -0.05) is 24.7 Å². The Hall–Kier alpha value is -1.73. The van der Waals surface area contributed by atoms with Gasteiger partial charge >= 0.3 is 4.87 Å². The van der Waals surface area contributed by atoms with E-state index in [9.17, 15) is 9.59 Å². The topological polar surface area (TPSA) is 56.4 Å². The number of fused-ring (bicyclic) bond motifs is 2. The van der Waals surface area contributed by atoms with Crippen molar-refractivity contribution in [1.29, 1.82) is 0 Å². The predicted molar refractivity (Wildman–Crippen MR) is 92.8 cm³/mol. The molecule has 23 heavy (non-hydrogen) atoms. The first-order chi connectivity index (χ1) is 11.2. The molecule has 0 saturated carbocycles. The van der Waals surface area contributed by atoms with Gasteiger partial charge in [0.2, 0.25) is 0 Å². The van der Waals surface area contributed by atoms with E-state index in [0.29, 0.717) is 23.1 Å². The second kappa shape index (κ2) is 5.72. The van der Waals surface area contributed by atoms with Crippen molar-refractivity contribution in [2.24, 2.45) is 5.92 Å². The van der Waals surface area contributed by atoms with Gasteiger partial charge in [0.1, 0.15) is 0 Å². The Morgan fingerprint density at radius 3 is 3.09 bits per heavy atom. The maximum absolute atomic E-state index is 12.4. The zero-order valence-electron chi connectivity index (χ0n) is 12.8. The molecular weight excluding hydrogens is 330 g/mol. The first-order valence-corrected chi connectivity index (χ1v) is 9.52. The molecule has 0 aromatic carbocycles. The quantitative estimate of drug-likeness (QED) is 0.732. The highest BCUT2D eigenvalue weighted by atomic mass is 32.1. The first kappa shape index (κ1) is 14.8. The van der Waals surface area contributed by atoms with Crippen molar-refractivity contribution in [3.63, 3.8) is 0 Å². The lowest BCUT2D eigenvalue weighted by Gasteiger charge is -2.21. The Kier molecular flexibility index (Phi) is 3.69. The van der Waals surface area contributed by atoms with E-state index in [1.54, 1.807) is 6.20 Å². The number of thiazole rings is 2. The Morgan fingerprint density at radius 1 is 1.39 bits per heavy atom. The van der Waals surface area contributed by atoms with E-state index in [2.05, 4.69) is 11.9 Å². The average molecular weight is 347 g/mol. The van der Waals surface area contributed by atoms with E-state index >= 15 is 0 Å². The van der Waals surface area contributed by atoms with Crippen LogP contribution in [0, 0.1) is 5.92 Å². The molecule has 7 heteroatoms. The van der Waals surface area contributed by atoms with Crippen LogP contribution in [0.25, 0.3) is 4.96 Å². The summed E-state index contributed by atoms with van der Waals surface area (Å²) in [6, 6.07) is 1.54. The van der Waals surface area contributed by atoms with Crippen LogP contribution in [0.4, 0.5) is 0 Å². The zero-order valence-corrected chi connectivity index (χ0v) is 14.5. The highest BCUT2D eigenvalue weighted by Crippen LogP contribution is 2.29. The summed E-state index contributed by atoms with van der Waals surface area (Å²) >= 11 is 2.80. The molecule has 0 saturated heterocycles. The lowest BCUT2D eigenvalue weighted by molar-refractivity contribution is 0.437. The third-order valence-corrected chi connectivity index (χ3v) is 6.40. The van der Waals surface area contributed by atoms with Gasteiger partial charge in [-0.05, 0) is 25.2 Å². The summed E-state index contributed by atoms with van der Waals surface area (Å²) in [5, 5.41) is 1.84.